The number of rotatable bonds is 8. The fraction of sp³-hybridized carbons (Fsp3) is 0.600. The molecule has 1 saturated heterocycles. The fourth-order valence-electron chi connectivity index (χ4n) is 6.01. The molecule has 1 saturated carbocycles. The molecule has 2 N–H and O–H groups in total. The highest BCUT2D eigenvalue weighted by atomic mass is 16.3. The van der Waals surface area contributed by atoms with Gasteiger partial charge in [0, 0.05) is 42.0 Å². The lowest BCUT2D eigenvalue weighted by Gasteiger charge is -2.27. The van der Waals surface area contributed by atoms with Crippen LogP contribution in [0.25, 0.3) is 22.2 Å². The second-order valence-corrected chi connectivity index (χ2v) is 11.1. The van der Waals surface area contributed by atoms with E-state index < -0.39 is 0 Å². The number of anilines is 1. The van der Waals surface area contributed by atoms with E-state index in [1.807, 2.05) is 6.20 Å². The molecule has 1 atom stereocenters. The average Bonchev–Trinajstić information content (AvgIpc) is 3.06. The van der Waals surface area contributed by atoms with E-state index in [-0.39, 0.29) is 6.10 Å². The van der Waals surface area contributed by atoms with Crippen LogP contribution < -0.4 is 5.32 Å². The Morgan fingerprint density at radius 2 is 1.75 bits per heavy atom. The molecule has 1 aliphatic carbocycles. The summed E-state index contributed by atoms with van der Waals surface area (Å²) >= 11 is 0. The Balaban J connectivity index is 1.43. The first-order valence-corrected chi connectivity index (χ1v) is 14.2. The van der Waals surface area contributed by atoms with Crippen LogP contribution in [0.15, 0.2) is 36.7 Å². The summed E-state index contributed by atoms with van der Waals surface area (Å²) in [6.07, 6.45) is 15.4. The molecule has 2 aromatic heterocycles. The largest absolute Gasteiger partial charge is 0.393 e. The molecule has 36 heavy (non-hydrogen) atoms. The van der Waals surface area contributed by atoms with Crippen molar-refractivity contribution in [3.05, 3.63) is 42.2 Å². The van der Waals surface area contributed by atoms with Gasteiger partial charge in [-0.05, 0) is 76.1 Å². The summed E-state index contributed by atoms with van der Waals surface area (Å²) in [5.41, 5.74) is 4.81. The Morgan fingerprint density at radius 1 is 1.03 bits per heavy atom. The lowest BCUT2D eigenvalue weighted by atomic mass is 9.93. The van der Waals surface area contributed by atoms with Gasteiger partial charge in [0.05, 0.1) is 6.10 Å². The highest BCUT2D eigenvalue weighted by Gasteiger charge is 2.24. The number of nitrogens with one attached hydrogen (secondary N) is 1. The molecular formula is C30H43N5O. The molecule has 3 heterocycles. The van der Waals surface area contributed by atoms with Gasteiger partial charge in [-0.15, -0.1) is 0 Å². The van der Waals surface area contributed by atoms with Gasteiger partial charge < -0.3 is 15.0 Å². The number of likely N-dealkylation sites (tertiary alicyclic amines) is 1. The molecule has 6 heteroatoms. The van der Waals surface area contributed by atoms with Gasteiger partial charge >= 0.3 is 0 Å². The maximum Gasteiger partial charge on any atom is 0.224 e. The first kappa shape index (κ1) is 25.2. The number of aliphatic hydroxyl groups excluding tert-OH is 1. The molecule has 0 bridgehead atoms. The Labute approximate surface area is 216 Å². The van der Waals surface area contributed by atoms with E-state index >= 15 is 0 Å². The van der Waals surface area contributed by atoms with Crippen molar-refractivity contribution in [2.45, 2.75) is 103 Å². The van der Waals surface area contributed by atoms with Crippen molar-refractivity contribution in [2.24, 2.45) is 0 Å². The molecule has 2 aliphatic rings. The minimum atomic E-state index is -0.166. The number of hydrogen-bond donors (Lipinski definition) is 2. The third kappa shape index (κ3) is 5.92. The Morgan fingerprint density at radius 3 is 2.44 bits per heavy atom. The predicted octanol–water partition coefficient (Wildman–Crippen LogP) is 6.55. The number of aliphatic hydroxyl groups is 1. The van der Waals surface area contributed by atoms with Crippen molar-refractivity contribution in [1.82, 2.24) is 19.4 Å². The molecule has 1 unspecified atom stereocenters. The zero-order chi connectivity index (χ0) is 24.9. The molecule has 3 aromatic rings. The highest BCUT2D eigenvalue weighted by molar-refractivity contribution is 5.94. The van der Waals surface area contributed by atoms with Gasteiger partial charge in [0.2, 0.25) is 5.95 Å². The number of hydrogen-bond acceptors (Lipinski definition) is 5. The molecule has 5 rings (SSSR count). The summed E-state index contributed by atoms with van der Waals surface area (Å²) in [7, 11) is 0. The summed E-state index contributed by atoms with van der Waals surface area (Å²) in [5.74, 6) is 0.706. The smallest absolute Gasteiger partial charge is 0.224 e. The SMILES string of the molecule is CCCC(C)Nc1ncc2c(-c3ccc(CN4CCCCCC4)cc3)cn(C3CCC(O)CC3)c2n1. The topological polar surface area (TPSA) is 66.2 Å². The summed E-state index contributed by atoms with van der Waals surface area (Å²) in [6, 6.07) is 9.84. The van der Waals surface area contributed by atoms with Gasteiger partial charge in [0.1, 0.15) is 5.65 Å². The van der Waals surface area contributed by atoms with Crippen molar-refractivity contribution in [3.8, 4) is 11.1 Å². The maximum absolute atomic E-state index is 10.1. The van der Waals surface area contributed by atoms with Crippen molar-refractivity contribution < 1.29 is 5.11 Å². The summed E-state index contributed by atoms with van der Waals surface area (Å²) in [5, 5.41) is 14.7. The predicted molar refractivity (Wildman–Crippen MR) is 148 cm³/mol. The normalized spacial score (nSPS) is 22.4. The fourth-order valence-corrected chi connectivity index (χ4v) is 6.01. The molecule has 0 amide bonds. The Hall–Kier alpha value is -2.44. The van der Waals surface area contributed by atoms with Crippen LogP contribution in [0.5, 0.6) is 0 Å². The lowest BCUT2D eigenvalue weighted by Crippen LogP contribution is -2.23. The quantitative estimate of drug-likeness (QED) is 0.375. The van der Waals surface area contributed by atoms with Crippen molar-refractivity contribution in [3.63, 3.8) is 0 Å². The second kappa shape index (κ2) is 11.7. The molecule has 0 spiro atoms. The second-order valence-electron chi connectivity index (χ2n) is 11.1. The van der Waals surface area contributed by atoms with Crippen molar-refractivity contribution >= 4 is 17.0 Å². The van der Waals surface area contributed by atoms with Crippen LogP contribution in [0, 0.1) is 0 Å². The van der Waals surface area contributed by atoms with Crippen LogP contribution >= 0.6 is 0 Å². The van der Waals surface area contributed by atoms with Crippen LogP contribution in [-0.2, 0) is 6.54 Å². The van der Waals surface area contributed by atoms with Crippen molar-refractivity contribution in [1.29, 1.82) is 0 Å². The Kier molecular flexibility index (Phi) is 8.22. The number of benzene rings is 1. The first-order chi connectivity index (χ1) is 17.6. The highest BCUT2D eigenvalue weighted by Crippen LogP contribution is 2.37. The van der Waals surface area contributed by atoms with E-state index in [0.29, 0.717) is 18.0 Å². The van der Waals surface area contributed by atoms with Gasteiger partial charge in [0.15, 0.2) is 0 Å². The molecule has 1 aliphatic heterocycles. The zero-order valence-corrected chi connectivity index (χ0v) is 22.1. The van der Waals surface area contributed by atoms with Crippen molar-refractivity contribution in [2.75, 3.05) is 18.4 Å². The van der Waals surface area contributed by atoms with Crippen LogP contribution in [0.4, 0.5) is 5.95 Å². The van der Waals surface area contributed by atoms with Crippen LogP contribution in [-0.4, -0.2) is 49.8 Å². The first-order valence-electron chi connectivity index (χ1n) is 14.2. The maximum atomic E-state index is 10.1. The minimum Gasteiger partial charge on any atom is -0.393 e. The minimum absolute atomic E-state index is 0.166. The van der Waals surface area contributed by atoms with Crippen LogP contribution in [0.2, 0.25) is 0 Å². The monoisotopic (exact) mass is 489 g/mol. The molecule has 0 radical (unpaired) electrons. The van der Waals surface area contributed by atoms with Gasteiger partial charge in [-0.3, -0.25) is 4.90 Å². The standard InChI is InChI=1S/C30H43N5O/c1-3-8-22(2)32-30-31-19-27-28(21-35(29(27)33-30)25-13-15-26(36)16-14-25)24-11-9-23(10-12-24)20-34-17-6-4-5-7-18-34/h9-12,19,21-22,25-26,36H,3-8,13-18,20H2,1-2H3,(H,31,32,33). The van der Waals surface area contributed by atoms with Gasteiger partial charge in [-0.1, -0.05) is 50.5 Å². The van der Waals surface area contributed by atoms with E-state index in [1.165, 1.54) is 55.5 Å². The average molecular weight is 490 g/mol. The zero-order valence-electron chi connectivity index (χ0n) is 22.1. The molecular weight excluding hydrogens is 446 g/mol. The summed E-state index contributed by atoms with van der Waals surface area (Å²) < 4.78 is 2.36. The third-order valence-corrected chi connectivity index (χ3v) is 8.10. The number of aromatic nitrogens is 3. The molecule has 2 fully saturated rings. The number of fused-ring (bicyclic) bond motifs is 1. The lowest BCUT2D eigenvalue weighted by molar-refractivity contribution is 0.111. The van der Waals surface area contributed by atoms with E-state index in [4.69, 9.17) is 9.97 Å². The van der Waals surface area contributed by atoms with Gasteiger partial charge in [0.25, 0.3) is 0 Å². The van der Waals surface area contributed by atoms with Crippen LogP contribution in [0.1, 0.15) is 89.7 Å². The number of nitrogens with zero attached hydrogens (tertiary/aromatic N) is 4. The summed E-state index contributed by atoms with van der Waals surface area (Å²) in [6.45, 7) is 7.87. The molecule has 6 nitrogen and oxygen atoms in total. The molecule has 1 aromatic carbocycles. The van der Waals surface area contributed by atoms with E-state index in [9.17, 15) is 5.11 Å². The van der Waals surface area contributed by atoms with E-state index in [0.717, 1.165) is 56.1 Å². The Bertz CT molecular complexity index is 1110. The van der Waals surface area contributed by atoms with Gasteiger partial charge in [-0.2, -0.15) is 4.98 Å². The van der Waals surface area contributed by atoms with Crippen LogP contribution in [0.3, 0.4) is 0 Å². The van der Waals surface area contributed by atoms with E-state index in [2.05, 4.69) is 59.1 Å². The third-order valence-electron chi connectivity index (χ3n) is 8.10. The van der Waals surface area contributed by atoms with E-state index in [1.54, 1.807) is 0 Å². The molecule has 194 valence electrons. The van der Waals surface area contributed by atoms with Gasteiger partial charge in [-0.25, -0.2) is 4.98 Å². The summed E-state index contributed by atoms with van der Waals surface area (Å²) in [4.78, 5) is 12.3.